The Labute approximate surface area is 146 Å². The number of esters is 1. The number of hydrogen-bond acceptors (Lipinski definition) is 4. The zero-order valence-corrected chi connectivity index (χ0v) is 14.6. The van der Waals surface area contributed by atoms with Crippen molar-refractivity contribution in [1.29, 1.82) is 0 Å². The van der Waals surface area contributed by atoms with Gasteiger partial charge >= 0.3 is 5.97 Å². The van der Waals surface area contributed by atoms with Crippen molar-refractivity contribution in [3.63, 3.8) is 0 Å². The summed E-state index contributed by atoms with van der Waals surface area (Å²) in [5.41, 5.74) is 1.29. The van der Waals surface area contributed by atoms with Crippen LogP contribution < -0.4 is 4.72 Å². The predicted octanol–water partition coefficient (Wildman–Crippen LogP) is 3.51. The zero-order valence-electron chi connectivity index (χ0n) is 13.8. The largest absolute Gasteiger partial charge is 0.463 e. The van der Waals surface area contributed by atoms with Crippen molar-refractivity contribution in [1.82, 2.24) is 0 Å². The lowest BCUT2D eigenvalue weighted by Gasteiger charge is -2.11. The van der Waals surface area contributed by atoms with E-state index in [-0.39, 0.29) is 17.2 Å². The van der Waals surface area contributed by atoms with Crippen LogP contribution in [-0.2, 0) is 19.6 Å². The maximum atomic E-state index is 13.5. The number of nitrogens with one attached hydrogen (secondary N) is 1. The number of sulfonamides is 1. The first-order chi connectivity index (χ1) is 11.8. The van der Waals surface area contributed by atoms with Crippen molar-refractivity contribution < 1.29 is 22.3 Å². The molecule has 0 aromatic heterocycles. The molecule has 0 spiro atoms. The van der Waals surface area contributed by atoms with Gasteiger partial charge in [0, 0.05) is 6.08 Å². The molecule has 0 heterocycles. The molecule has 0 aliphatic rings. The number of aryl methyl sites for hydroxylation is 1. The quantitative estimate of drug-likeness (QED) is 0.630. The van der Waals surface area contributed by atoms with Gasteiger partial charge in [-0.25, -0.2) is 17.6 Å². The average Bonchev–Trinajstić information content (AvgIpc) is 2.54. The highest BCUT2D eigenvalue weighted by Gasteiger charge is 2.16. The lowest BCUT2D eigenvalue weighted by atomic mass is 10.1. The molecule has 0 radical (unpaired) electrons. The van der Waals surface area contributed by atoms with Gasteiger partial charge in [0.05, 0.1) is 17.2 Å². The van der Waals surface area contributed by atoms with Gasteiger partial charge in [0.1, 0.15) is 5.82 Å². The molecule has 5 nitrogen and oxygen atoms in total. The first kappa shape index (κ1) is 18.7. The van der Waals surface area contributed by atoms with E-state index in [1.54, 1.807) is 19.1 Å². The van der Waals surface area contributed by atoms with Crippen LogP contribution in [0.2, 0.25) is 0 Å². The number of benzene rings is 2. The van der Waals surface area contributed by atoms with Gasteiger partial charge in [-0.1, -0.05) is 17.7 Å². The smallest absolute Gasteiger partial charge is 0.330 e. The fraction of sp³-hybridized carbons (Fsp3) is 0.167. The van der Waals surface area contributed by atoms with Crippen LogP contribution in [0.4, 0.5) is 10.1 Å². The molecule has 1 N–H and O–H groups in total. The third-order valence-corrected chi connectivity index (χ3v) is 4.66. The minimum absolute atomic E-state index is 0.0288. The van der Waals surface area contributed by atoms with E-state index in [2.05, 4.69) is 4.72 Å². The Morgan fingerprint density at radius 3 is 2.52 bits per heavy atom. The number of anilines is 1. The van der Waals surface area contributed by atoms with Gasteiger partial charge in [-0.2, -0.15) is 0 Å². The lowest BCUT2D eigenvalue weighted by molar-refractivity contribution is -0.137. The molecule has 2 aromatic rings. The molecule has 2 rings (SSSR count). The predicted molar refractivity (Wildman–Crippen MR) is 94.1 cm³/mol. The van der Waals surface area contributed by atoms with E-state index in [0.29, 0.717) is 5.56 Å². The molecule has 0 saturated heterocycles. The highest BCUT2D eigenvalue weighted by Crippen LogP contribution is 2.23. The lowest BCUT2D eigenvalue weighted by Crippen LogP contribution is -2.14. The molecule has 0 aliphatic carbocycles. The minimum atomic E-state index is -3.88. The Kier molecular flexibility index (Phi) is 5.93. The van der Waals surface area contributed by atoms with E-state index in [1.165, 1.54) is 30.3 Å². The summed E-state index contributed by atoms with van der Waals surface area (Å²) in [5, 5.41) is 0. The molecule has 0 aliphatic heterocycles. The van der Waals surface area contributed by atoms with Crippen molar-refractivity contribution in [2.75, 3.05) is 11.3 Å². The second-order valence-corrected chi connectivity index (χ2v) is 6.92. The standard InChI is InChI=1S/C18H18FNO4S/c1-3-24-18(21)11-7-14-6-8-15(19)12-17(14)20-25(22,23)16-9-4-13(2)5-10-16/h4-12,20H,3H2,1-2H3/b11-7+. The van der Waals surface area contributed by atoms with Crippen molar-refractivity contribution in [3.05, 3.63) is 65.5 Å². The molecule has 132 valence electrons. The average molecular weight is 363 g/mol. The van der Waals surface area contributed by atoms with Crippen LogP contribution in [-0.4, -0.2) is 21.0 Å². The summed E-state index contributed by atoms with van der Waals surface area (Å²) >= 11 is 0. The molecule has 0 unspecified atom stereocenters. The molecule has 0 saturated carbocycles. The van der Waals surface area contributed by atoms with Crippen molar-refractivity contribution in [2.45, 2.75) is 18.7 Å². The number of halogens is 1. The Morgan fingerprint density at radius 2 is 1.88 bits per heavy atom. The number of carbonyl (C=O) groups excluding carboxylic acids is 1. The van der Waals surface area contributed by atoms with E-state index in [0.717, 1.165) is 17.7 Å². The number of hydrogen-bond donors (Lipinski definition) is 1. The second-order valence-electron chi connectivity index (χ2n) is 5.24. The topological polar surface area (TPSA) is 72.5 Å². The molecule has 0 amide bonds. The maximum Gasteiger partial charge on any atom is 0.330 e. The van der Waals surface area contributed by atoms with Crippen LogP contribution in [0, 0.1) is 12.7 Å². The van der Waals surface area contributed by atoms with Crippen LogP contribution in [0.5, 0.6) is 0 Å². The first-order valence-electron chi connectivity index (χ1n) is 7.55. The van der Waals surface area contributed by atoms with Crippen LogP contribution in [0.25, 0.3) is 6.08 Å². The molecular weight excluding hydrogens is 345 g/mol. The number of rotatable bonds is 6. The zero-order chi connectivity index (χ0) is 18.4. The Hall–Kier alpha value is -2.67. The van der Waals surface area contributed by atoms with Crippen LogP contribution in [0.3, 0.4) is 0 Å². The summed E-state index contributed by atoms with van der Waals surface area (Å²) in [7, 11) is -3.88. The molecule has 0 fully saturated rings. The fourth-order valence-corrected chi connectivity index (χ4v) is 3.11. The van der Waals surface area contributed by atoms with E-state index in [9.17, 15) is 17.6 Å². The third kappa shape index (κ3) is 5.15. The van der Waals surface area contributed by atoms with Gasteiger partial charge in [-0.15, -0.1) is 0 Å². The molecule has 0 bridgehead atoms. The molecule has 7 heteroatoms. The van der Waals surface area contributed by atoms with Crippen LogP contribution in [0.15, 0.2) is 53.4 Å². The summed E-state index contributed by atoms with van der Waals surface area (Å²) in [6.07, 6.45) is 2.52. The normalized spacial score (nSPS) is 11.5. The van der Waals surface area contributed by atoms with E-state index in [4.69, 9.17) is 4.74 Å². The van der Waals surface area contributed by atoms with Crippen molar-refractivity contribution in [3.8, 4) is 0 Å². The number of ether oxygens (including phenoxy) is 1. The summed E-state index contributed by atoms with van der Waals surface area (Å²) in [6.45, 7) is 3.74. The molecule has 25 heavy (non-hydrogen) atoms. The monoisotopic (exact) mass is 363 g/mol. The molecular formula is C18H18FNO4S. The van der Waals surface area contributed by atoms with Gasteiger partial charge in [0.25, 0.3) is 10.0 Å². The fourth-order valence-electron chi connectivity index (χ4n) is 2.03. The van der Waals surface area contributed by atoms with Gasteiger partial charge in [-0.05, 0) is 55.8 Å². The number of carbonyl (C=O) groups is 1. The van der Waals surface area contributed by atoms with Gasteiger partial charge in [-0.3, -0.25) is 4.72 Å². The molecule has 0 atom stereocenters. The Bertz CT molecular complexity index is 890. The van der Waals surface area contributed by atoms with E-state index in [1.807, 2.05) is 6.92 Å². The van der Waals surface area contributed by atoms with Crippen molar-refractivity contribution in [2.24, 2.45) is 0 Å². The Morgan fingerprint density at radius 1 is 1.20 bits per heavy atom. The Balaban J connectivity index is 2.33. The summed E-state index contributed by atoms with van der Waals surface area (Å²) in [5.74, 6) is -1.17. The van der Waals surface area contributed by atoms with Crippen LogP contribution >= 0.6 is 0 Å². The highest BCUT2D eigenvalue weighted by atomic mass is 32.2. The van der Waals surface area contributed by atoms with Gasteiger partial charge in [0.15, 0.2) is 0 Å². The first-order valence-corrected chi connectivity index (χ1v) is 9.04. The van der Waals surface area contributed by atoms with E-state index >= 15 is 0 Å². The van der Waals surface area contributed by atoms with E-state index < -0.39 is 21.8 Å². The third-order valence-electron chi connectivity index (χ3n) is 3.28. The van der Waals surface area contributed by atoms with Crippen LogP contribution in [0.1, 0.15) is 18.1 Å². The molecule has 2 aromatic carbocycles. The van der Waals surface area contributed by atoms with Gasteiger partial charge in [0.2, 0.25) is 0 Å². The highest BCUT2D eigenvalue weighted by molar-refractivity contribution is 7.92. The van der Waals surface area contributed by atoms with Crippen molar-refractivity contribution >= 4 is 27.8 Å². The summed E-state index contributed by atoms with van der Waals surface area (Å²) in [6, 6.07) is 9.86. The maximum absolute atomic E-state index is 13.5. The SMILES string of the molecule is CCOC(=O)/C=C/c1ccc(F)cc1NS(=O)(=O)c1ccc(C)cc1. The van der Waals surface area contributed by atoms with Gasteiger partial charge < -0.3 is 4.74 Å². The second kappa shape index (κ2) is 7.94. The summed E-state index contributed by atoms with van der Waals surface area (Å²) < 4.78 is 45.6. The minimum Gasteiger partial charge on any atom is -0.463 e. The summed E-state index contributed by atoms with van der Waals surface area (Å²) in [4.78, 5) is 11.5.